The van der Waals surface area contributed by atoms with Crippen LogP contribution in [0, 0.1) is 0 Å². The van der Waals surface area contributed by atoms with Crippen LogP contribution in [0.25, 0.3) is 0 Å². The molecule has 1 fully saturated rings. The minimum absolute atomic E-state index is 0.0782. The van der Waals surface area contributed by atoms with Crippen molar-refractivity contribution in [1.82, 2.24) is 0 Å². The molecule has 0 saturated carbocycles. The molecule has 0 amide bonds. The molecule has 110 valence electrons. The molecule has 5 nitrogen and oxygen atoms in total. The highest BCUT2D eigenvalue weighted by Crippen LogP contribution is 2.18. The molecule has 1 aliphatic heterocycles. The highest BCUT2D eigenvalue weighted by molar-refractivity contribution is 7.91. The van der Waals surface area contributed by atoms with Gasteiger partial charge in [-0.05, 0) is 24.5 Å². The van der Waals surface area contributed by atoms with Gasteiger partial charge in [-0.2, -0.15) is 0 Å². The van der Waals surface area contributed by atoms with Crippen LogP contribution >= 0.6 is 0 Å². The van der Waals surface area contributed by atoms with E-state index in [9.17, 15) is 13.2 Å². The van der Waals surface area contributed by atoms with E-state index in [2.05, 4.69) is 0 Å². The van der Waals surface area contributed by atoms with Crippen molar-refractivity contribution in [1.29, 1.82) is 0 Å². The monoisotopic (exact) mass is 298 g/mol. The van der Waals surface area contributed by atoms with E-state index in [0.29, 0.717) is 25.0 Å². The quantitative estimate of drug-likeness (QED) is 0.789. The lowest BCUT2D eigenvalue weighted by Gasteiger charge is -2.22. The Kier molecular flexibility index (Phi) is 4.77. The lowest BCUT2D eigenvalue weighted by Crippen LogP contribution is -2.33. The maximum absolute atomic E-state index is 12.1. The second-order valence-electron chi connectivity index (χ2n) is 4.87. The van der Waals surface area contributed by atoms with E-state index in [-0.39, 0.29) is 11.5 Å². The number of benzene rings is 1. The first-order chi connectivity index (χ1) is 9.52. The number of sulfone groups is 1. The van der Waals surface area contributed by atoms with Crippen LogP contribution in [0.15, 0.2) is 24.3 Å². The van der Waals surface area contributed by atoms with Crippen LogP contribution in [-0.2, 0) is 25.9 Å². The molecule has 1 heterocycles. The van der Waals surface area contributed by atoms with Gasteiger partial charge >= 0.3 is 5.97 Å². The van der Waals surface area contributed by atoms with Gasteiger partial charge in [0.2, 0.25) is 0 Å². The smallest absolute Gasteiger partial charge is 0.338 e. The average molecular weight is 298 g/mol. The molecule has 1 aromatic carbocycles. The van der Waals surface area contributed by atoms with Crippen molar-refractivity contribution >= 4 is 15.8 Å². The van der Waals surface area contributed by atoms with Crippen LogP contribution in [0.5, 0.6) is 0 Å². The summed E-state index contributed by atoms with van der Waals surface area (Å²) in [5.74, 6) is -0.383. The SMILES string of the molecule is COCc1ccccc1C(=O)O[C@H]1CCCS(=O)(=O)C1. The standard InChI is InChI=1S/C14H18O5S/c1-18-9-11-5-2-3-7-13(11)14(15)19-12-6-4-8-20(16,17)10-12/h2-3,5,7,12H,4,6,8-10H2,1H3/t12-/m0/s1. The van der Waals surface area contributed by atoms with E-state index in [4.69, 9.17) is 9.47 Å². The summed E-state index contributed by atoms with van der Waals surface area (Å²) in [6.07, 6.45) is 0.592. The van der Waals surface area contributed by atoms with E-state index in [0.717, 1.165) is 5.56 Å². The highest BCUT2D eigenvalue weighted by atomic mass is 32.2. The second kappa shape index (κ2) is 6.37. The molecule has 0 spiro atoms. The molecule has 0 N–H and O–H groups in total. The molecule has 1 aromatic rings. The first-order valence-electron chi connectivity index (χ1n) is 6.50. The molecule has 2 rings (SSSR count). The third-order valence-corrected chi connectivity index (χ3v) is 5.02. The van der Waals surface area contributed by atoms with Crippen LogP contribution in [-0.4, -0.2) is 39.1 Å². The summed E-state index contributed by atoms with van der Waals surface area (Å²) >= 11 is 0. The van der Waals surface area contributed by atoms with Gasteiger partial charge in [-0.15, -0.1) is 0 Å². The topological polar surface area (TPSA) is 69.7 Å². The van der Waals surface area contributed by atoms with Crippen LogP contribution < -0.4 is 0 Å². The van der Waals surface area contributed by atoms with E-state index >= 15 is 0 Å². The number of ether oxygens (including phenoxy) is 2. The van der Waals surface area contributed by atoms with E-state index < -0.39 is 21.9 Å². The lowest BCUT2D eigenvalue weighted by molar-refractivity contribution is 0.0319. The number of rotatable bonds is 4. The third-order valence-electron chi connectivity index (χ3n) is 3.23. The van der Waals surface area contributed by atoms with Gasteiger partial charge in [-0.25, -0.2) is 13.2 Å². The number of hydrogen-bond acceptors (Lipinski definition) is 5. The number of carbonyl (C=O) groups excluding carboxylic acids is 1. The Labute approximate surface area is 118 Å². The second-order valence-corrected chi connectivity index (χ2v) is 7.10. The normalized spacial score (nSPS) is 21.4. The van der Waals surface area contributed by atoms with Crippen LogP contribution in [0.4, 0.5) is 0 Å². The lowest BCUT2D eigenvalue weighted by atomic mass is 10.1. The maximum atomic E-state index is 12.1. The van der Waals surface area contributed by atoms with Crippen molar-refractivity contribution < 1.29 is 22.7 Å². The van der Waals surface area contributed by atoms with Gasteiger partial charge in [-0.1, -0.05) is 18.2 Å². The molecular formula is C14H18O5S. The van der Waals surface area contributed by atoms with Crippen LogP contribution in [0.2, 0.25) is 0 Å². The molecule has 6 heteroatoms. The molecule has 1 aliphatic rings. The molecule has 0 aliphatic carbocycles. The molecule has 20 heavy (non-hydrogen) atoms. The fourth-order valence-corrected chi connectivity index (χ4v) is 3.86. The van der Waals surface area contributed by atoms with Crippen molar-refractivity contribution in [2.45, 2.75) is 25.6 Å². The number of carbonyl (C=O) groups is 1. The summed E-state index contributed by atoms with van der Waals surface area (Å²) in [6.45, 7) is 0.314. The summed E-state index contributed by atoms with van der Waals surface area (Å²) in [6, 6.07) is 7.01. The molecule has 0 bridgehead atoms. The fraction of sp³-hybridized carbons (Fsp3) is 0.500. The Hall–Kier alpha value is -1.40. The Morgan fingerprint density at radius 2 is 2.10 bits per heavy atom. The third kappa shape index (κ3) is 3.80. The summed E-state index contributed by atoms with van der Waals surface area (Å²) in [7, 11) is -1.53. The summed E-state index contributed by atoms with van der Waals surface area (Å²) in [5, 5.41) is 0. The average Bonchev–Trinajstić information content (AvgIpc) is 2.38. The molecule has 1 saturated heterocycles. The van der Waals surface area contributed by atoms with Gasteiger partial charge in [0.15, 0.2) is 9.84 Å². The predicted octanol–water partition coefficient (Wildman–Crippen LogP) is 1.57. The largest absolute Gasteiger partial charge is 0.458 e. The minimum Gasteiger partial charge on any atom is -0.458 e. The van der Waals surface area contributed by atoms with Gasteiger partial charge in [0.25, 0.3) is 0 Å². The maximum Gasteiger partial charge on any atom is 0.338 e. The van der Waals surface area contributed by atoms with Crippen molar-refractivity contribution in [3.05, 3.63) is 35.4 Å². The van der Waals surface area contributed by atoms with Gasteiger partial charge in [-0.3, -0.25) is 0 Å². The highest BCUT2D eigenvalue weighted by Gasteiger charge is 2.28. The van der Waals surface area contributed by atoms with Crippen molar-refractivity contribution in [3.8, 4) is 0 Å². The zero-order valence-corrected chi connectivity index (χ0v) is 12.2. The zero-order valence-electron chi connectivity index (χ0n) is 11.4. The first kappa shape index (κ1) is 15.0. The van der Waals surface area contributed by atoms with Crippen molar-refractivity contribution in [3.63, 3.8) is 0 Å². The van der Waals surface area contributed by atoms with Gasteiger partial charge in [0.05, 0.1) is 23.7 Å². The number of esters is 1. The van der Waals surface area contributed by atoms with E-state index in [1.807, 2.05) is 6.07 Å². The zero-order chi connectivity index (χ0) is 14.6. The van der Waals surface area contributed by atoms with Crippen molar-refractivity contribution in [2.24, 2.45) is 0 Å². The molecular weight excluding hydrogens is 280 g/mol. The summed E-state index contributed by atoms with van der Waals surface area (Å²) in [5.41, 5.74) is 1.16. The first-order valence-corrected chi connectivity index (χ1v) is 8.32. The van der Waals surface area contributed by atoms with Crippen LogP contribution in [0.3, 0.4) is 0 Å². The summed E-state index contributed by atoms with van der Waals surface area (Å²) in [4.78, 5) is 12.1. The minimum atomic E-state index is -3.08. The Morgan fingerprint density at radius 1 is 1.35 bits per heavy atom. The Balaban J connectivity index is 2.08. The van der Waals surface area contributed by atoms with Gasteiger partial charge in [0.1, 0.15) is 6.10 Å². The summed E-state index contributed by atoms with van der Waals surface area (Å²) < 4.78 is 33.4. The number of methoxy groups -OCH3 is 1. The van der Waals surface area contributed by atoms with Crippen molar-refractivity contribution in [2.75, 3.05) is 18.6 Å². The fourth-order valence-electron chi connectivity index (χ4n) is 2.29. The Morgan fingerprint density at radius 3 is 2.80 bits per heavy atom. The van der Waals surface area contributed by atoms with Crippen LogP contribution in [0.1, 0.15) is 28.8 Å². The predicted molar refractivity (Wildman–Crippen MR) is 74.2 cm³/mol. The molecule has 0 radical (unpaired) electrons. The van der Waals surface area contributed by atoms with Gasteiger partial charge in [0, 0.05) is 7.11 Å². The molecule has 1 atom stereocenters. The molecule has 0 aromatic heterocycles. The van der Waals surface area contributed by atoms with Gasteiger partial charge < -0.3 is 9.47 Å². The van der Waals surface area contributed by atoms with E-state index in [1.54, 1.807) is 25.3 Å². The number of hydrogen-bond donors (Lipinski definition) is 0. The van der Waals surface area contributed by atoms with E-state index in [1.165, 1.54) is 0 Å². The Bertz CT molecular complexity index is 579. The molecule has 0 unspecified atom stereocenters.